The summed E-state index contributed by atoms with van der Waals surface area (Å²) in [5, 5.41) is 6.12. The van der Waals surface area contributed by atoms with E-state index in [0.717, 1.165) is 24.3 Å². The van der Waals surface area contributed by atoms with Crippen LogP contribution < -0.4 is 25.0 Å². The second kappa shape index (κ2) is 13.4. The molecule has 0 atom stereocenters. The molecule has 9 nitrogen and oxygen atoms in total. The number of nitrogens with one attached hydrogen (secondary N) is 2. The molecule has 38 heavy (non-hydrogen) atoms. The number of halogens is 1. The fourth-order valence-electron chi connectivity index (χ4n) is 4.47. The number of rotatable bonds is 12. The molecule has 0 aliphatic carbocycles. The summed E-state index contributed by atoms with van der Waals surface area (Å²) in [6, 6.07) is 12.3. The molecule has 0 unspecified atom stereocenters. The van der Waals surface area contributed by atoms with Gasteiger partial charge in [0.1, 0.15) is 6.61 Å². The van der Waals surface area contributed by atoms with E-state index in [-0.39, 0.29) is 12.4 Å². The first-order chi connectivity index (χ1) is 18.5. The van der Waals surface area contributed by atoms with Gasteiger partial charge in [0.25, 0.3) is 0 Å². The van der Waals surface area contributed by atoms with E-state index in [0.29, 0.717) is 36.6 Å². The van der Waals surface area contributed by atoms with E-state index >= 15 is 0 Å². The third-order valence-corrected chi connectivity index (χ3v) is 6.62. The lowest BCUT2D eigenvalue weighted by Gasteiger charge is -2.36. The SMILES string of the molecule is CNCOCc1cc(COc2cnc(Nc3ccc(N4CCC(N(C)C)CC4)cc3)nc2)c(F)c(OC)c1. The van der Waals surface area contributed by atoms with Crippen LogP contribution in [-0.2, 0) is 18.0 Å². The zero-order chi connectivity index (χ0) is 26.9. The van der Waals surface area contributed by atoms with E-state index in [1.807, 2.05) is 12.1 Å². The van der Waals surface area contributed by atoms with Crippen LogP contribution in [0.15, 0.2) is 48.8 Å². The van der Waals surface area contributed by atoms with E-state index in [2.05, 4.69) is 56.6 Å². The Bertz CT molecular complexity index is 1150. The van der Waals surface area contributed by atoms with Crippen LogP contribution in [0.1, 0.15) is 24.0 Å². The molecular weight excluding hydrogens is 487 g/mol. The number of methoxy groups -OCH3 is 1. The van der Waals surface area contributed by atoms with Gasteiger partial charge >= 0.3 is 0 Å². The summed E-state index contributed by atoms with van der Waals surface area (Å²) in [7, 11) is 7.53. The van der Waals surface area contributed by atoms with Crippen molar-refractivity contribution >= 4 is 17.3 Å². The van der Waals surface area contributed by atoms with Crippen molar-refractivity contribution in [1.82, 2.24) is 20.2 Å². The highest BCUT2D eigenvalue weighted by Gasteiger charge is 2.20. The second-order valence-electron chi connectivity index (χ2n) is 9.50. The Morgan fingerprint density at radius 2 is 1.76 bits per heavy atom. The van der Waals surface area contributed by atoms with E-state index < -0.39 is 5.82 Å². The van der Waals surface area contributed by atoms with Crippen molar-refractivity contribution in [2.75, 3.05) is 58.3 Å². The number of hydrogen-bond donors (Lipinski definition) is 2. The number of benzene rings is 2. The molecule has 1 aromatic heterocycles. The highest BCUT2D eigenvalue weighted by molar-refractivity contribution is 5.59. The Labute approximate surface area is 223 Å². The molecule has 2 heterocycles. The Morgan fingerprint density at radius 1 is 1.05 bits per heavy atom. The third kappa shape index (κ3) is 7.31. The Kier molecular flexibility index (Phi) is 9.69. The summed E-state index contributed by atoms with van der Waals surface area (Å²) in [5.41, 5.74) is 3.27. The molecule has 1 saturated heterocycles. The molecule has 204 valence electrons. The van der Waals surface area contributed by atoms with Gasteiger partial charge in [0.05, 0.1) is 32.8 Å². The van der Waals surface area contributed by atoms with Crippen LogP contribution in [0.3, 0.4) is 0 Å². The van der Waals surface area contributed by atoms with Gasteiger partial charge in [-0.2, -0.15) is 0 Å². The summed E-state index contributed by atoms with van der Waals surface area (Å²) in [4.78, 5) is 13.4. The van der Waals surface area contributed by atoms with Gasteiger partial charge in [-0.1, -0.05) is 0 Å². The molecule has 4 rings (SSSR count). The Hall–Kier alpha value is -3.47. The molecule has 10 heteroatoms. The van der Waals surface area contributed by atoms with E-state index in [4.69, 9.17) is 14.2 Å². The van der Waals surface area contributed by atoms with Crippen molar-refractivity contribution < 1.29 is 18.6 Å². The first-order valence-corrected chi connectivity index (χ1v) is 12.8. The standard InChI is InChI=1S/C28H37FN6O3/c1-30-19-37-17-20-13-21(27(29)26(14-20)36-4)18-38-25-15-31-28(32-16-25)33-22-5-7-24(8-6-22)35-11-9-23(10-12-35)34(2)3/h5-8,13-16,23,30H,9-12,17-19H2,1-4H3,(H,31,32,33). The van der Waals surface area contributed by atoms with Gasteiger partial charge in [0.15, 0.2) is 17.3 Å². The molecule has 2 N–H and O–H groups in total. The number of anilines is 3. The fraction of sp³-hybridized carbons (Fsp3) is 0.429. The van der Waals surface area contributed by atoms with Crippen molar-refractivity contribution in [3.63, 3.8) is 0 Å². The number of piperidine rings is 1. The molecule has 1 aliphatic heterocycles. The van der Waals surface area contributed by atoms with E-state index in [9.17, 15) is 4.39 Å². The Morgan fingerprint density at radius 3 is 2.39 bits per heavy atom. The topological polar surface area (TPSA) is 84.0 Å². The molecule has 1 fully saturated rings. The lowest BCUT2D eigenvalue weighted by molar-refractivity contribution is 0.108. The fourth-order valence-corrected chi connectivity index (χ4v) is 4.47. The maximum atomic E-state index is 14.7. The quantitative estimate of drug-likeness (QED) is 0.268. The van der Waals surface area contributed by atoms with Gasteiger partial charge in [0, 0.05) is 36.1 Å². The summed E-state index contributed by atoms with van der Waals surface area (Å²) in [6.45, 7) is 2.84. The average molecular weight is 525 g/mol. The van der Waals surface area contributed by atoms with Crippen molar-refractivity contribution in [2.45, 2.75) is 32.1 Å². The average Bonchev–Trinajstić information content (AvgIpc) is 2.94. The minimum absolute atomic E-state index is 0.00541. The van der Waals surface area contributed by atoms with Gasteiger partial charge in [-0.15, -0.1) is 0 Å². The number of aromatic nitrogens is 2. The largest absolute Gasteiger partial charge is 0.494 e. The molecule has 2 aromatic carbocycles. The third-order valence-electron chi connectivity index (χ3n) is 6.62. The zero-order valence-corrected chi connectivity index (χ0v) is 22.5. The summed E-state index contributed by atoms with van der Waals surface area (Å²) in [5.74, 6) is 0.569. The second-order valence-corrected chi connectivity index (χ2v) is 9.50. The van der Waals surface area contributed by atoms with E-state index in [1.54, 1.807) is 31.6 Å². The van der Waals surface area contributed by atoms with Crippen LogP contribution in [0.25, 0.3) is 0 Å². The summed E-state index contributed by atoms with van der Waals surface area (Å²) >= 11 is 0. The first-order valence-electron chi connectivity index (χ1n) is 12.8. The van der Waals surface area contributed by atoms with Crippen LogP contribution in [0.2, 0.25) is 0 Å². The normalized spacial score (nSPS) is 14.1. The first kappa shape index (κ1) is 27.6. The molecule has 0 amide bonds. The lowest BCUT2D eigenvalue weighted by atomic mass is 10.0. The van der Waals surface area contributed by atoms with Crippen LogP contribution in [0.5, 0.6) is 11.5 Å². The van der Waals surface area contributed by atoms with E-state index in [1.165, 1.54) is 25.6 Å². The molecule has 1 aliphatic rings. The molecule has 0 spiro atoms. The monoisotopic (exact) mass is 524 g/mol. The van der Waals surface area contributed by atoms with Crippen molar-refractivity contribution in [3.05, 3.63) is 65.7 Å². The van der Waals surface area contributed by atoms with Gasteiger partial charge < -0.3 is 29.3 Å². The van der Waals surface area contributed by atoms with Crippen molar-refractivity contribution in [1.29, 1.82) is 0 Å². The molecule has 0 radical (unpaired) electrons. The summed E-state index contributed by atoms with van der Waals surface area (Å²) in [6.07, 6.45) is 5.47. The highest BCUT2D eigenvalue weighted by Crippen LogP contribution is 2.26. The van der Waals surface area contributed by atoms with Crippen LogP contribution in [-0.4, -0.2) is 69.0 Å². The minimum Gasteiger partial charge on any atom is -0.494 e. The van der Waals surface area contributed by atoms with Gasteiger partial charge in [-0.25, -0.2) is 14.4 Å². The smallest absolute Gasteiger partial charge is 0.227 e. The maximum absolute atomic E-state index is 14.7. The van der Waals surface area contributed by atoms with Crippen LogP contribution in [0, 0.1) is 5.82 Å². The number of nitrogens with zero attached hydrogens (tertiary/aromatic N) is 4. The number of ether oxygens (including phenoxy) is 3. The minimum atomic E-state index is -0.463. The van der Waals surface area contributed by atoms with Crippen molar-refractivity contribution in [2.24, 2.45) is 0 Å². The van der Waals surface area contributed by atoms with Crippen LogP contribution in [0.4, 0.5) is 21.7 Å². The van der Waals surface area contributed by atoms with Gasteiger partial charge in [-0.3, -0.25) is 5.32 Å². The molecule has 0 bridgehead atoms. The molecular formula is C28H37FN6O3. The zero-order valence-electron chi connectivity index (χ0n) is 22.5. The predicted molar refractivity (Wildman–Crippen MR) is 147 cm³/mol. The lowest BCUT2D eigenvalue weighted by Crippen LogP contribution is -2.41. The van der Waals surface area contributed by atoms with Crippen LogP contribution >= 0.6 is 0 Å². The Balaban J connectivity index is 1.31. The number of hydrogen-bond acceptors (Lipinski definition) is 9. The molecule has 0 saturated carbocycles. The predicted octanol–water partition coefficient (Wildman–Crippen LogP) is 4.17. The maximum Gasteiger partial charge on any atom is 0.227 e. The van der Waals surface area contributed by atoms with Gasteiger partial charge in [-0.05, 0) is 75.9 Å². The highest BCUT2D eigenvalue weighted by atomic mass is 19.1. The van der Waals surface area contributed by atoms with Gasteiger partial charge in [0.2, 0.25) is 5.95 Å². The van der Waals surface area contributed by atoms with Crippen molar-refractivity contribution in [3.8, 4) is 11.5 Å². The molecule has 3 aromatic rings. The summed E-state index contributed by atoms with van der Waals surface area (Å²) < 4.78 is 31.1.